The van der Waals surface area contributed by atoms with Gasteiger partial charge in [0.25, 0.3) is 11.5 Å². The summed E-state index contributed by atoms with van der Waals surface area (Å²) in [4.78, 5) is 28.8. The summed E-state index contributed by atoms with van der Waals surface area (Å²) in [7, 11) is 1.59. The van der Waals surface area contributed by atoms with E-state index in [1.807, 2.05) is 59.5 Å². The molecule has 1 aliphatic heterocycles. The van der Waals surface area contributed by atoms with E-state index in [9.17, 15) is 9.59 Å². The summed E-state index contributed by atoms with van der Waals surface area (Å²) >= 11 is 0. The van der Waals surface area contributed by atoms with Gasteiger partial charge in [-0.25, -0.2) is 0 Å². The highest BCUT2D eigenvalue weighted by Crippen LogP contribution is 2.29. The first-order valence-electron chi connectivity index (χ1n) is 10.8. The predicted molar refractivity (Wildman–Crippen MR) is 126 cm³/mol. The summed E-state index contributed by atoms with van der Waals surface area (Å²) in [6, 6.07) is 25.0. The van der Waals surface area contributed by atoms with Crippen molar-refractivity contribution in [1.82, 2.24) is 9.47 Å². The van der Waals surface area contributed by atoms with E-state index < -0.39 is 0 Å². The fourth-order valence-corrected chi connectivity index (χ4v) is 4.53. The zero-order valence-corrected chi connectivity index (χ0v) is 17.9. The lowest BCUT2D eigenvalue weighted by Gasteiger charge is -2.19. The van der Waals surface area contributed by atoms with Gasteiger partial charge in [0.2, 0.25) is 0 Å². The summed E-state index contributed by atoms with van der Waals surface area (Å²) in [5, 5.41) is 1.21. The Bertz CT molecular complexity index is 1340. The van der Waals surface area contributed by atoms with Crippen molar-refractivity contribution >= 4 is 16.7 Å². The van der Waals surface area contributed by atoms with Crippen LogP contribution in [0.15, 0.2) is 89.9 Å². The van der Waals surface area contributed by atoms with Gasteiger partial charge in [0.05, 0.1) is 18.4 Å². The van der Waals surface area contributed by atoms with Crippen LogP contribution in [0.25, 0.3) is 16.5 Å². The standard InChI is InChI=1S/C27H24N2O3/c1-32-22-11-7-10-21(16-22)29-18-25(23-12-5-6-13-24(23)27(29)31)26(30)28-15-14-20(17-28)19-8-3-2-4-9-19/h2-13,16,18,20H,14-15,17H2,1H3/t20-/m0/s1. The highest BCUT2D eigenvalue weighted by molar-refractivity contribution is 6.06. The predicted octanol–water partition coefficient (Wildman–Crippen LogP) is 4.63. The topological polar surface area (TPSA) is 51.5 Å². The zero-order valence-electron chi connectivity index (χ0n) is 17.9. The molecule has 1 atom stereocenters. The van der Waals surface area contributed by atoms with Crippen LogP contribution in [0.5, 0.6) is 5.75 Å². The monoisotopic (exact) mass is 424 g/mol. The SMILES string of the molecule is COc1cccc(-n2cc(C(=O)N3CC[C@H](c4ccccc4)C3)c3ccccc3c2=O)c1. The van der Waals surface area contributed by atoms with E-state index in [2.05, 4.69) is 12.1 Å². The quantitative estimate of drug-likeness (QED) is 0.480. The molecule has 1 aliphatic rings. The zero-order chi connectivity index (χ0) is 22.1. The maximum Gasteiger partial charge on any atom is 0.262 e. The number of hydrogen-bond acceptors (Lipinski definition) is 3. The van der Waals surface area contributed by atoms with Gasteiger partial charge in [-0.1, -0.05) is 54.6 Å². The third-order valence-electron chi connectivity index (χ3n) is 6.23. The Kier molecular flexibility index (Phi) is 5.23. The number of hydrogen-bond donors (Lipinski definition) is 0. The average Bonchev–Trinajstić information content (AvgIpc) is 3.35. The fraction of sp³-hybridized carbons (Fsp3) is 0.185. The van der Waals surface area contributed by atoms with Crippen LogP contribution in [0.4, 0.5) is 0 Å². The number of carbonyl (C=O) groups excluding carboxylic acids is 1. The largest absolute Gasteiger partial charge is 0.497 e. The van der Waals surface area contributed by atoms with Crippen molar-refractivity contribution < 1.29 is 9.53 Å². The number of likely N-dealkylation sites (tertiary alicyclic amines) is 1. The Morgan fingerprint density at radius 2 is 1.69 bits per heavy atom. The van der Waals surface area contributed by atoms with Crippen molar-refractivity contribution in [2.75, 3.05) is 20.2 Å². The minimum absolute atomic E-state index is 0.0451. The molecular weight excluding hydrogens is 400 g/mol. The molecule has 32 heavy (non-hydrogen) atoms. The minimum Gasteiger partial charge on any atom is -0.497 e. The van der Waals surface area contributed by atoms with E-state index in [0.717, 1.165) is 6.42 Å². The lowest BCUT2D eigenvalue weighted by molar-refractivity contribution is 0.0792. The highest BCUT2D eigenvalue weighted by Gasteiger charge is 2.29. The summed E-state index contributed by atoms with van der Waals surface area (Å²) in [6.45, 7) is 1.38. The summed E-state index contributed by atoms with van der Waals surface area (Å²) < 4.78 is 6.87. The van der Waals surface area contributed by atoms with Gasteiger partial charge in [0.15, 0.2) is 0 Å². The molecule has 5 rings (SSSR count). The van der Waals surface area contributed by atoms with Gasteiger partial charge < -0.3 is 9.64 Å². The number of pyridine rings is 1. The smallest absolute Gasteiger partial charge is 0.262 e. The van der Waals surface area contributed by atoms with Crippen LogP contribution in [-0.2, 0) is 0 Å². The van der Waals surface area contributed by atoms with Gasteiger partial charge in [-0.15, -0.1) is 0 Å². The van der Waals surface area contributed by atoms with Crippen molar-refractivity contribution in [3.05, 3.63) is 107 Å². The van der Waals surface area contributed by atoms with Crippen LogP contribution in [0, 0.1) is 0 Å². The van der Waals surface area contributed by atoms with E-state index in [1.54, 1.807) is 30.0 Å². The number of amides is 1. The molecule has 1 fully saturated rings. The van der Waals surface area contributed by atoms with Crippen molar-refractivity contribution in [2.45, 2.75) is 12.3 Å². The number of nitrogens with zero attached hydrogens (tertiary/aromatic N) is 2. The Morgan fingerprint density at radius 1 is 0.938 bits per heavy atom. The Hall–Kier alpha value is -3.86. The van der Waals surface area contributed by atoms with Gasteiger partial charge >= 0.3 is 0 Å². The highest BCUT2D eigenvalue weighted by atomic mass is 16.5. The molecular formula is C27H24N2O3. The first-order valence-corrected chi connectivity index (χ1v) is 10.8. The van der Waals surface area contributed by atoms with Crippen LogP contribution in [-0.4, -0.2) is 35.6 Å². The normalized spacial score (nSPS) is 15.8. The molecule has 5 nitrogen and oxygen atoms in total. The van der Waals surface area contributed by atoms with E-state index in [4.69, 9.17) is 4.74 Å². The number of ether oxygens (including phenoxy) is 1. The first kappa shape index (κ1) is 20.1. The molecule has 1 saturated heterocycles. The maximum absolute atomic E-state index is 13.6. The Balaban J connectivity index is 1.57. The maximum atomic E-state index is 13.6. The molecule has 0 spiro atoms. The second-order valence-electron chi connectivity index (χ2n) is 8.11. The third kappa shape index (κ3) is 3.56. The van der Waals surface area contributed by atoms with E-state index in [1.165, 1.54) is 5.56 Å². The molecule has 0 radical (unpaired) electrons. The lowest BCUT2D eigenvalue weighted by Crippen LogP contribution is -2.30. The lowest BCUT2D eigenvalue weighted by atomic mass is 9.99. The van der Waals surface area contributed by atoms with E-state index in [0.29, 0.717) is 46.8 Å². The van der Waals surface area contributed by atoms with Gasteiger partial charge in [-0.05, 0) is 30.2 Å². The Morgan fingerprint density at radius 3 is 2.47 bits per heavy atom. The summed E-state index contributed by atoms with van der Waals surface area (Å²) in [5.74, 6) is 0.938. The van der Waals surface area contributed by atoms with Crippen LogP contribution in [0.2, 0.25) is 0 Å². The molecule has 0 saturated carbocycles. The molecule has 1 amide bonds. The van der Waals surface area contributed by atoms with Gasteiger partial charge in [-0.2, -0.15) is 0 Å². The van der Waals surface area contributed by atoms with Gasteiger partial charge in [0, 0.05) is 42.0 Å². The Labute approximate surface area is 186 Å². The number of methoxy groups -OCH3 is 1. The number of aromatic nitrogens is 1. The second-order valence-corrected chi connectivity index (χ2v) is 8.11. The van der Waals surface area contributed by atoms with Gasteiger partial charge in [-0.3, -0.25) is 14.2 Å². The van der Waals surface area contributed by atoms with Crippen molar-refractivity contribution in [2.24, 2.45) is 0 Å². The van der Waals surface area contributed by atoms with Crippen molar-refractivity contribution in [3.63, 3.8) is 0 Å². The number of rotatable bonds is 4. The molecule has 0 aliphatic carbocycles. The van der Waals surface area contributed by atoms with Crippen LogP contribution in [0.1, 0.15) is 28.3 Å². The molecule has 4 aromatic rings. The van der Waals surface area contributed by atoms with E-state index in [-0.39, 0.29) is 11.5 Å². The minimum atomic E-state index is -0.158. The fourth-order valence-electron chi connectivity index (χ4n) is 4.53. The second kappa shape index (κ2) is 8.35. The molecule has 160 valence electrons. The molecule has 0 bridgehead atoms. The van der Waals surface area contributed by atoms with Gasteiger partial charge in [0.1, 0.15) is 5.75 Å². The molecule has 0 unspecified atom stereocenters. The summed E-state index contributed by atoms with van der Waals surface area (Å²) in [5.41, 5.74) is 2.30. The number of benzene rings is 3. The number of carbonyl (C=O) groups is 1. The third-order valence-corrected chi connectivity index (χ3v) is 6.23. The summed E-state index contributed by atoms with van der Waals surface area (Å²) in [6.07, 6.45) is 2.61. The molecule has 1 aromatic heterocycles. The van der Waals surface area contributed by atoms with Crippen LogP contribution < -0.4 is 10.3 Å². The number of fused-ring (bicyclic) bond motifs is 1. The van der Waals surface area contributed by atoms with Crippen molar-refractivity contribution in [1.29, 1.82) is 0 Å². The van der Waals surface area contributed by atoms with Crippen LogP contribution in [0.3, 0.4) is 0 Å². The van der Waals surface area contributed by atoms with E-state index >= 15 is 0 Å². The first-order chi connectivity index (χ1) is 15.7. The molecule has 0 N–H and O–H groups in total. The molecule has 2 heterocycles. The van der Waals surface area contributed by atoms with Crippen molar-refractivity contribution in [3.8, 4) is 11.4 Å². The molecule has 3 aromatic carbocycles. The van der Waals surface area contributed by atoms with Crippen LogP contribution >= 0.6 is 0 Å². The average molecular weight is 425 g/mol. The molecule has 5 heteroatoms.